The number of benzene rings is 2. The van der Waals surface area contributed by atoms with Crippen LogP contribution in [0.5, 0.6) is 5.75 Å². The van der Waals surface area contributed by atoms with Crippen LogP contribution in [0, 0.1) is 23.2 Å². The van der Waals surface area contributed by atoms with Crippen molar-refractivity contribution in [1.82, 2.24) is 9.47 Å². The van der Waals surface area contributed by atoms with Crippen LogP contribution in [0.1, 0.15) is 25.0 Å². The third-order valence-electron chi connectivity index (χ3n) is 6.71. The Morgan fingerprint density at radius 2 is 1.95 bits per heavy atom. The van der Waals surface area contributed by atoms with Gasteiger partial charge >= 0.3 is 6.18 Å². The summed E-state index contributed by atoms with van der Waals surface area (Å²) in [6.45, 7) is 0.118. The molecule has 2 aromatic carbocycles. The molecule has 1 amide bonds. The molecule has 7 nitrogen and oxygen atoms in total. The maximum Gasteiger partial charge on any atom is 0.406 e. The van der Waals surface area contributed by atoms with Crippen LogP contribution in [0.2, 0.25) is 0 Å². The number of hydrogen-bond acceptors (Lipinski definition) is 6. The van der Waals surface area contributed by atoms with Gasteiger partial charge < -0.3 is 24.8 Å². The first-order chi connectivity index (χ1) is 19.2. The zero-order valence-corrected chi connectivity index (χ0v) is 23.1. The van der Waals surface area contributed by atoms with Crippen molar-refractivity contribution in [3.63, 3.8) is 0 Å². The number of methoxy groups -OCH3 is 1. The van der Waals surface area contributed by atoms with E-state index in [2.05, 4.69) is 22.5 Å². The maximum atomic E-state index is 13.5. The molecule has 0 spiro atoms. The van der Waals surface area contributed by atoms with Gasteiger partial charge in [0, 0.05) is 35.1 Å². The number of carbonyl (C=O) groups excluding carboxylic acids is 1. The summed E-state index contributed by atoms with van der Waals surface area (Å²) in [6.07, 6.45) is -1.23. The van der Waals surface area contributed by atoms with Crippen LogP contribution >= 0.6 is 11.8 Å². The Balaban J connectivity index is 1.54. The van der Waals surface area contributed by atoms with Gasteiger partial charge in [-0.15, -0.1) is 11.8 Å². The standard InChI is InChI=1S/C29H30F3N5O2S/c1-39-27-18-22(40-2)8-9-25(27)34-14-4-5-21-17-23-24(6-3-7-26(23)37(21)19-29(30,31)32)35-20-11-15-36(16-12-20)28(38)10-13-33/h3,6-9,17-18,20,34-35H,10-12,14-16,19H2,1-2H3. The second kappa shape index (κ2) is 12.9. The van der Waals surface area contributed by atoms with Gasteiger partial charge in [-0.3, -0.25) is 4.79 Å². The summed E-state index contributed by atoms with van der Waals surface area (Å²) < 4.78 is 47.3. The van der Waals surface area contributed by atoms with Crippen molar-refractivity contribution in [2.75, 3.05) is 43.6 Å². The Morgan fingerprint density at radius 3 is 2.62 bits per heavy atom. The number of anilines is 2. The van der Waals surface area contributed by atoms with Gasteiger partial charge in [-0.25, -0.2) is 0 Å². The summed E-state index contributed by atoms with van der Waals surface area (Å²) in [4.78, 5) is 14.7. The number of nitriles is 1. The number of hydrogen-bond donors (Lipinski definition) is 2. The van der Waals surface area contributed by atoms with Crippen molar-refractivity contribution in [3.8, 4) is 23.7 Å². The number of carbonyl (C=O) groups is 1. The van der Waals surface area contributed by atoms with E-state index in [4.69, 9.17) is 10.00 Å². The molecule has 11 heteroatoms. The zero-order valence-electron chi connectivity index (χ0n) is 22.3. The lowest BCUT2D eigenvalue weighted by Gasteiger charge is -2.32. The van der Waals surface area contributed by atoms with Crippen molar-refractivity contribution in [2.45, 2.75) is 42.9 Å². The number of nitrogens with zero attached hydrogens (tertiary/aromatic N) is 3. The Morgan fingerprint density at radius 1 is 1.18 bits per heavy atom. The molecule has 1 saturated heterocycles. The fourth-order valence-corrected chi connectivity index (χ4v) is 5.18. The predicted molar refractivity (Wildman–Crippen MR) is 152 cm³/mol. The molecule has 1 aliphatic heterocycles. The molecule has 0 atom stereocenters. The van der Waals surface area contributed by atoms with E-state index in [9.17, 15) is 18.0 Å². The van der Waals surface area contributed by atoms with Crippen molar-refractivity contribution in [1.29, 1.82) is 5.26 Å². The molecular weight excluding hydrogens is 539 g/mol. The quantitative estimate of drug-likeness (QED) is 0.267. The van der Waals surface area contributed by atoms with E-state index < -0.39 is 12.7 Å². The smallest absolute Gasteiger partial charge is 0.406 e. The topological polar surface area (TPSA) is 82.3 Å². The molecule has 3 aromatic rings. The molecule has 2 N–H and O–H groups in total. The van der Waals surface area contributed by atoms with E-state index in [1.807, 2.05) is 36.6 Å². The highest BCUT2D eigenvalue weighted by molar-refractivity contribution is 7.98. The number of ether oxygens (including phenoxy) is 1. The highest BCUT2D eigenvalue weighted by Gasteiger charge is 2.30. The first-order valence-corrected chi connectivity index (χ1v) is 14.0. The monoisotopic (exact) mass is 569 g/mol. The van der Waals surface area contributed by atoms with E-state index >= 15 is 0 Å². The molecule has 40 heavy (non-hydrogen) atoms. The molecule has 1 aliphatic rings. The molecule has 0 aliphatic carbocycles. The van der Waals surface area contributed by atoms with Gasteiger partial charge in [-0.05, 0) is 61.4 Å². The fraction of sp³-hybridized carbons (Fsp3) is 0.379. The molecule has 0 saturated carbocycles. The summed E-state index contributed by atoms with van der Waals surface area (Å²) in [5.41, 5.74) is 2.18. The van der Waals surface area contributed by atoms with Gasteiger partial charge in [0.15, 0.2) is 0 Å². The molecule has 1 fully saturated rings. The molecule has 1 aromatic heterocycles. The summed E-state index contributed by atoms with van der Waals surface area (Å²) in [6, 6.07) is 14.6. The molecule has 0 unspecified atom stereocenters. The Hall–Kier alpha value is -3.96. The number of piperidine rings is 1. The summed E-state index contributed by atoms with van der Waals surface area (Å²) in [5, 5.41) is 16.1. The average Bonchev–Trinajstić information content (AvgIpc) is 3.28. The molecule has 4 rings (SSSR count). The molecular formula is C29H30F3N5O2S. The van der Waals surface area contributed by atoms with Gasteiger partial charge in [0.25, 0.3) is 0 Å². The largest absolute Gasteiger partial charge is 0.495 e. The molecule has 2 heterocycles. The number of alkyl halides is 3. The van der Waals surface area contributed by atoms with Gasteiger partial charge in [0.2, 0.25) is 5.91 Å². The second-order valence-electron chi connectivity index (χ2n) is 9.33. The lowest BCUT2D eigenvalue weighted by atomic mass is 10.0. The molecule has 0 radical (unpaired) electrons. The van der Waals surface area contributed by atoms with Crippen molar-refractivity contribution < 1.29 is 22.7 Å². The minimum Gasteiger partial charge on any atom is -0.495 e. The van der Waals surface area contributed by atoms with E-state index in [1.165, 1.54) is 4.57 Å². The fourth-order valence-electron chi connectivity index (χ4n) is 4.75. The van der Waals surface area contributed by atoms with Gasteiger partial charge in [-0.2, -0.15) is 18.4 Å². The highest BCUT2D eigenvalue weighted by atomic mass is 32.2. The van der Waals surface area contributed by atoms with Crippen molar-refractivity contribution >= 4 is 39.9 Å². The van der Waals surface area contributed by atoms with E-state index in [0.29, 0.717) is 42.6 Å². The SMILES string of the molecule is COc1cc(SC)ccc1NCC#Cc1cc2c(NC3CCN(C(=O)CC#N)CC3)cccc2n1CC(F)(F)F. The average molecular weight is 570 g/mol. The lowest BCUT2D eigenvalue weighted by Crippen LogP contribution is -2.42. The van der Waals surface area contributed by atoms with Gasteiger partial charge in [0.05, 0.1) is 36.6 Å². The van der Waals surface area contributed by atoms with E-state index in [1.54, 1.807) is 42.0 Å². The number of likely N-dealkylation sites (tertiary alicyclic amines) is 1. The number of nitrogens with one attached hydrogen (secondary N) is 2. The van der Waals surface area contributed by atoms with Crippen LogP contribution in [-0.4, -0.2) is 60.6 Å². The maximum absolute atomic E-state index is 13.5. The minimum absolute atomic E-state index is 0.0499. The number of halogens is 3. The van der Waals surface area contributed by atoms with Crippen LogP contribution in [0.4, 0.5) is 24.5 Å². The third kappa shape index (κ3) is 7.16. The normalized spacial score (nSPS) is 13.8. The molecule has 0 bridgehead atoms. The van der Waals surface area contributed by atoms with E-state index in [0.717, 1.165) is 16.3 Å². The zero-order chi connectivity index (χ0) is 28.7. The van der Waals surface area contributed by atoms with Crippen LogP contribution in [0.25, 0.3) is 10.9 Å². The summed E-state index contributed by atoms with van der Waals surface area (Å²) >= 11 is 1.59. The number of thioether (sulfide) groups is 1. The van der Waals surface area contributed by atoms with Crippen molar-refractivity contribution in [2.24, 2.45) is 0 Å². The van der Waals surface area contributed by atoms with Crippen molar-refractivity contribution in [3.05, 3.63) is 48.2 Å². The van der Waals surface area contributed by atoms with Crippen LogP contribution in [0.3, 0.4) is 0 Å². The minimum atomic E-state index is -4.42. The number of fused-ring (bicyclic) bond motifs is 1. The second-order valence-corrected chi connectivity index (χ2v) is 10.2. The van der Waals surface area contributed by atoms with Crippen LogP contribution < -0.4 is 15.4 Å². The van der Waals surface area contributed by atoms with Gasteiger partial charge in [0.1, 0.15) is 18.7 Å². The summed E-state index contributed by atoms with van der Waals surface area (Å²) in [5.74, 6) is 6.36. The number of aromatic nitrogens is 1. The number of rotatable bonds is 8. The van der Waals surface area contributed by atoms with Crippen LogP contribution in [-0.2, 0) is 11.3 Å². The first kappa shape index (κ1) is 29.0. The Kier molecular flexibility index (Phi) is 9.38. The first-order valence-electron chi connectivity index (χ1n) is 12.8. The van der Waals surface area contributed by atoms with Gasteiger partial charge in [-0.1, -0.05) is 12.0 Å². The highest BCUT2D eigenvalue weighted by Crippen LogP contribution is 2.32. The Bertz CT molecular complexity index is 1460. The van der Waals surface area contributed by atoms with E-state index in [-0.39, 0.29) is 30.6 Å². The third-order valence-corrected chi connectivity index (χ3v) is 7.44. The number of amides is 1. The molecule has 210 valence electrons. The summed E-state index contributed by atoms with van der Waals surface area (Å²) in [7, 11) is 1.58. The predicted octanol–water partition coefficient (Wildman–Crippen LogP) is 5.71. The Labute approximate surface area is 235 Å². The van der Waals surface area contributed by atoms with Crippen LogP contribution in [0.15, 0.2) is 47.4 Å². The lowest BCUT2D eigenvalue weighted by molar-refractivity contribution is -0.140.